The van der Waals surface area contributed by atoms with Gasteiger partial charge in [-0.2, -0.15) is 5.10 Å². The summed E-state index contributed by atoms with van der Waals surface area (Å²) in [7, 11) is 1.46. The summed E-state index contributed by atoms with van der Waals surface area (Å²) in [6.45, 7) is 1.60. The summed E-state index contributed by atoms with van der Waals surface area (Å²) in [5.74, 6) is -2.83. The monoisotopic (exact) mass is 432 g/mol. The van der Waals surface area contributed by atoms with Gasteiger partial charge in [0, 0.05) is 30.4 Å². The van der Waals surface area contributed by atoms with Crippen molar-refractivity contribution in [1.29, 1.82) is 0 Å². The van der Waals surface area contributed by atoms with Crippen molar-refractivity contribution in [3.8, 4) is 0 Å². The number of pyridine rings is 1. The van der Waals surface area contributed by atoms with Crippen LogP contribution in [0.3, 0.4) is 0 Å². The highest BCUT2D eigenvalue weighted by atomic mass is 19.3. The van der Waals surface area contributed by atoms with Gasteiger partial charge in [-0.05, 0) is 37.3 Å². The van der Waals surface area contributed by atoms with E-state index in [1.165, 1.54) is 40.7 Å². The number of carbonyl (C=O) groups excluding carboxylic acids is 1. The Morgan fingerprint density at radius 3 is 2.52 bits per heavy atom. The van der Waals surface area contributed by atoms with E-state index in [1.54, 1.807) is 13.1 Å². The van der Waals surface area contributed by atoms with Gasteiger partial charge in [0.15, 0.2) is 11.6 Å². The van der Waals surface area contributed by atoms with E-state index in [1.807, 2.05) is 0 Å². The SMILES string of the molecule is CC(c1n[nH]c(=O)c2cc(F)c(F)cc12)N(C)C(=O)c1cc2c(C(F)F)cccn2c1. The number of hydrogen-bond acceptors (Lipinski definition) is 3. The van der Waals surface area contributed by atoms with E-state index >= 15 is 0 Å². The number of carbonyl (C=O) groups is 1. The number of benzene rings is 1. The lowest BCUT2D eigenvalue weighted by atomic mass is 10.1. The fourth-order valence-electron chi connectivity index (χ4n) is 3.52. The van der Waals surface area contributed by atoms with Gasteiger partial charge in [0.2, 0.25) is 0 Å². The molecule has 0 aliphatic carbocycles. The van der Waals surface area contributed by atoms with Gasteiger partial charge in [-0.1, -0.05) is 0 Å². The molecule has 1 aromatic carbocycles. The van der Waals surface area contributed by atoms with E-state index in [2.05, 4.69) is 10.2 Å². The average Bonchev–Trinajstić information content (AvgIpc) is 3.18. The standard InChI is InChI=1S/C21H16F4N4O2/c1-10(18-13-7-15(22)16(23)8-14(13)20(30)27-26-18)28(2)21(31)11-6-17-12(19(24)25)4-3-5-29(17)9-11/h3-10,19H,1-2H3,(H,27,30). The summed E-state index contributed by atoms with van der Waals surface area (Å²) in [6, 6.07) is 4.98. The molecule has 31 heavy (non-hydrogen) atoms. The normalized spacial score (nSPS) is 12.6. The molecule has 0 aliphatic heterocycles. The number of halogens is 4. The predicted molar refractivity (Wildman–Crippen MR) is 105 cm³/mol. The van der Waals surface area contributed by atoms with Gasteiger partial charge in [-0.25, -0.2) is 22.7 Å². The number of H-pyrrole nitrogens is 1. The second kappa shape index (κ2) is 7.53. The van der Waals surface area contributed by atoms with E-state index in [0.29, 0.717) is 0 Å². The van der Waals surface area contributed by atoms with E-state index in [9.17, 15) is 27.2 Å². The molecule has 0 saturated carbocycles. The summed E-state index contributed by atoms with van der Waals surface area (Å²) < 4.78 is 55.3. The van der Waals surface area contributed by atoms with Crippen LogP contribution in [0.1, 0.15) is 41.0 Å². The molecule has 4 aromatic rings. The van der Waals surface area contributed by atoms with Gasteiger partial charge in [-0.15, -0.1) is 0 Å². The molecule has 1 atom stereocenters. The molecule has 0 bridgehead atoms. The summed E-state index contributed by atoms with van der Waals surface area (Å²) in [4.78, 5) is 26.3. The zero-order valence-corrected chi connectivity index (χ0v) is 16.4. The smallest absolute Gasteiger partial charge is 0.272 e. The van der Waals surface area contributed by atoms with Crippen molar-refractivity contribution >= 4 is 22.2 Å². The molecule has 160 valence electrons. The molecule has 4 rings (SSSR count). The van der Waals surface area contributed by atoms with Crippen LogP contribution in [0.5, 0.6) is 0 Å². The van der Waals surface area contributed by atoms with Crippen LogP contribution in [0, 0.1) is 11.6 Å². The van der Waals surface area contributed by atoms with Crippen molar-refractivity contribution in [2.75, 3.05) is 7.05 Å². The molecule has 0 aliphatic rings. The third kappa shape index (κ3) is 3.43. The number of aromatic nitrogens is 3. The van der Waals surface area contributed by atoms with Crippen molar-refractivity contribution in [2.24, 2.45) is 0 Å². The Balaban J connectivity index is 1.74. The molecule has 6 nitrogen and oxygen atoms in total. The quantitative estimate of drug-likeness (QED) is 0.491. The molecular weight excluding hydrogens is 416 g/mol. The Labute approximate surface area is 172 Å². The molecule has 0 spiro atoms. The van der Waals surface area contributed by atoms with E-state index < -0.39 is 35.6 Å². The molecule has 0 fully saturated rings. The lowest BCUT2D eigenvalue weighted by Crippen LogP contribution is -2.31. The molecule has 3 heterocycles. The van der Waals surface area contributed by atoms with E-state index in [0.717, 1.165) is 12.1 Å². The van der Waals surface area contributed by atoms with Crippen LogP contribution in [0.15, 0.2) is 47.5 Å². The molecule has 10 heteroatoms. The number of rotatable bonds is 4. The summed E-state index contributed by atoms with van der Waals surface area (Å²) in [6.07, 6.45) is 0.279. The topological polar surface area (TPSA) is 70.5 Å². The summed E-state index contributed by atoms with van der Waals surface area (Å²) in [5, 5.41) is 6.12. The largest absolute Gasteiger partial charge is 0.333 e. The number of hydrogen-bond donors (Lipinski definition) is 1. The zero-order valence-electron chi connectivity index (χ0n) is 16.4. The number of fused-ring (bicyclic) bond motifs is 2. The van der Waals surface area contributed by atoms with Crippen molar-refractivity contribution < 1.29 is 22.4 Å². The Hall–Kier alpha value is -3.69. The first kappa shape index (κ1) is 20.6. The van der Waals surface area contributed by atoms with Crippen LogP contribution < -0.4 is 5.56 Å². The molecule has 1 unspecified atom stereocenters. The fourth-order valence-corrected chi connectivity index (χ4v) is 3.52. The Bertz CT molecular complexity index is 1380. The maximum absolute atomic E-state index is 13.8. The van der Waals surface area contributed by atoms with E-state index in [4.69, 9.17) is 0 Å². The predicted octanol–water partition coefficient (Wildman–Crippen LogP) is 4.22. The number of nitrogens with one attached hydrogen (secondary N) is 1. The Kier molecular flexibility index (Phi) is 5.00. The van der Waals surface area contributed by atoms with Gasteiger partial charge < -0.3 is 9.30 Å². The van der Waals surface area contributed by atoms with Crippen LogP contribution in [0.4, 0.5) is 17.6 Å². The van der Waals surface area contributed by atoms with Crippen molar-refractivity contribution in [2.45, 2.75) is 19.4 Å². The lowest BCUT2D eigenvalue weighted by Gasteiger charge is -2.24. The third-order valence-corrected chi connectivity index (χ3v) is 5.30. The first-order chi connectivity index (χ1) is 14.7. The minimum atomic E-state index is -2.70. The first-order valence-electron chi connectivity index (χ1n) is 9.22. The average molecular weight is 432 g/mol. The van der Waals surface area contributed by atoms with Gasteiger partial charge >= 0.3 is 0 Å². The van der Waals surface area contributed by atoms with Crippen LogP contribution in [-0.2, 0) is 0 Å². The second-order valence-corrected chi connectivity index (χ2v) is 7.13. The molecular formula is C21H16F4N4O2. The van der Waals surface area contributed by atoms with Gasteiger partial charge in [0.1, 0.15) is 0 Å². The Morgan fingerprint density at radius 1 is 1.16 bits per heavy atom. The van der Waals surface area contributed by atoms with Gasteiger partial charge in [0.05, 0.1) is 28.2 Å². The highest BCUT2D eigenvalue weighted by Gasteiger charge is 2.25. The highest BCUT2D eigenvalue weighted by Crippen LogP contribution is 2.28. The van der Waals surface area contributed by atoms with Crippen LogP contribution in [0.2, 0.25) is 0 Å². The van der Waals surface area contributed by atoms with Crippen molar-refractivity contribution in [1.82, 2.24) is 19.5 Å². The fraction of sp³-hybridized carbons (Fsp3) is 0.190. The van der Waals surface area contributed by atoms with Crippen LogP contribution >= 0.6 is 0 Å². The minimum absolute atomic E-state index is 0.0665. The molecule has 0 radical (unpaired) electrons. The lowest BCUT2D eigenvalue weighted by molar-refractivity contribution is 0.0740. The second-order valence-electron chi connectivity index (χ2n) is 7.13. The number of alkyl halides is 2. The number of nitrogens with zero attached hydrogens (tertiary/aromatic N) is 3. The number of aromatic amines is 1. The Morgan fingerprint density at radius 2 is 1.84 bits per heavy atom. The van der Waals surface area contributed by atoms with Crippen LogP contribution in [0.25, 0.3) is 16.3 Å². The van der Waals surface area contributed by atoms with Crippen LogP contribution in [-0.4, -0.2) is 32.5 Å². The third-order valence-electron chi connectivity index (χ3n) is 5.30. The molecule has 1 N–H and O–H groups in total. The maximum atomic E-state index is 13.8. The zero-order chi connectivity index (χ0) is 22.4. The summed E-state index contributed by atoms with van der Waals surface area (Å²) in [5.41, 5.74) is -0.387. The molecule has 1 amide bonds. The van der Waals surface area contributed by atoms with Crippen molar-refractivity contribution in [3.63, 3.8) is 0 Å². The molecule has 0 saturated heterocycles. The van der Waals surface area contributed by atoms with E-state index in [-0.39, 0.29) is 33.1 Å². The minimum Gasteiger partial charge on any atom is -0.333 e. The van der Waals surface area contributed by atoms with Crippen molar-refractivity contribution in [3.05, 3.63) is 81.5 Å². The molecule has 3 aromatic heterocycles. The van der Waals surface area contributed by atoms with Gasteiger partial charge in [0.25, 0.3) is 17.9 Å². The highest BCUT2D eigenvalue weighted by molar-refractivity contribution is 5.96. The first-order valence-corrected chi connectivity index (χ1v) is 9.22. The maximum Gasteiger partial charge on any atom is 0.272 e. The summed E-state index contributed by atoms with van der Waals surface area (Å²) >= 11 is 0. The number of amides is 1. The van der Waals surface area contributed by atoms with Gasteiger partial charge in [-0.3, -0.25) is 9.59 Å².